The quantitative estimate of drug-likeness (QED) is 0.700. The Bertz CT molecular complexity index is 957. The number of nitrogens with zero attached hydrogens (tertiary/aromatic N) is 3. The molecule has 5 heteroatoms. The van der Waals surface area contributed by atoms with Crippen LogP contribution in [0.3, 0.4) is 0 Å². The third kappa shape index (κ3) is 3.12. The minimum atomic E-state index is 0.169. The summed E-state index contributed by atoms with van der Waals surface area (Å²) in [6, 6.07) is 16.1. The lowest BCUT2D eigenvalue weighted by atomic mass is 10.1. The zero-order chi connectivity index (χ0) is 18.4. The summed E-state index contributed by atoms with van der Waals surface area (Å²) >= 11 is 0. The van der Waals surface area contributed by atoms with Crippen LogP contribution >= 0.6 is 0 Å². The Kier molecular flexibility index (Phi) is 3.97. The molecular weight excluding hydrogens is 338 g/mol. The molecule has 1 saturated carbocycles. The Morgan fingerprint density at radius 1 is 1.15 bits per heavy atom. The Morgan fingerprint density at radius 3 is 2.67 bits per heavy atom. The average Bonchev–Trinajstić information content (AvgIpc) is 3.09. The molecule has 2 aromatic carbocycles. The van der Waals surface area contributed by atoms with Crippen LogP contribution in [0.1, 0.15) is 16.1 Å². The smallest absolute Gasteiger partial charge is 0.253 e. The molecule has 1 aliphatic heterocycles. The maximum atomic E-state index is 12.9. The predicted molar refractivity (Wildman–Crippen MR) is 103 cm³/mol. The van der Waals surface area contributed by atoms with Crippen LogP contribution in [0.4, 0.5) is 0 Å². The molecule has 138 valence electrons. The Morgan fingerprint density at radius 2 is 1.93 bits per heavy atom. The number of benzene rings is 2. The van der Waals surface area contributed by atoms with Gasteiger partial charge in [-0.25, -0.2) is 0 Å². The largest absolute Gasteiger partial charge is 0.364 e. The molecular formula is C22H23N3O2. The number of carbonyl (C=O) groups excluding carboxylic acids is 1. The van der Waals surface area contributed by atoms with E-state index in [0.717, 1.165) is 42.8 Å². The number of carbonyl (C=O) groups is 1. The first-order chi connectivity index (χ1) is 13.2. The fourth-order valence-electron chi connectivity index (χ4n) is 4.61. The third-order valence-electron chi connectivity index (χ3n) is 6.10. The van der Waals surface area contributed by atoms with Gasteiger partial charge in [-0.3, -0.25) is 4.79 Å². The average molecular weight is 361 g/mol. The second-order valence-corrected chi connectivity index (χ2v) is 7.95. The van der Waals surface area contributed by atoms with Gasteiger partial charge in [-0.1, -0.05) is 35.5 Å². The molecule has 1 unspecified atom stereocenters. The zero-order valence-electron chi connectivity index (χ0n) is 15.4. The van der Waals surface area contributed by atoms with Gasteiger partial charge in [-0.2, -0.15) is 0 Å². The summed E-state index contributed by atoms with van der Waals surface area (Å²) in [6.07, 6.45) is 1.62. The van der Waals surface area contributed by atoms with Crippen LogP contribution in [0.2, 0.25) is 0 Å². The van der Waals surface area contributed by atoms with Crippen molar-refractivity contribution in [1.29, 1.82) is 0 Å². The normalized spacial score (nSPS) is 23.8. The molecule has 0 spiro atoms. The van der Waals surface area contributed by atoms with Gasteiger partial charge in [-0.15, -0.1) is 0 Å². The molecule has 3 aromatic rings. The van der Waals surface area contributed by atoms with Crippen molar-refractivity contribution in [3.8, 4) is 0 Å². The topological polar surface area (TPSA) is 49.6 Å². The summed E-state index contributed by atoms with van der Waals surface area (Å²) in [5.74, 6) is 2.16. The Labute approximate surface area is 158 Å². The van der Waals surface area contributed by atoms with Crippen molar-refractivity contribution in [2.75, 3.05) is 26.7 Å². The van der Waals surface area contributed by atoms with Crippen LogP contribution in [-0.2, 0) is 6.54 Å². The van der Waals surface area contributed by atoms with Crippen LogP contribution < -0.4 is 0 Å². The van der Waals surface area contributed by atoms with Crippen LogP contribution in [0.15, 0.2) is 59.3 Å². The lowest BCUT2D eigenvalue weighted by Gasteiger charge is -2.22. The summed E-state index contributed by atoms with van der Waals surface area (Å²) in [6.45, 7) is 3.64. The molecule has 2 heterocycles. The summed E-state index contributed by atoms with van der Waals surface area (Å²) < 4.78 is 4.90. The highest BCUT2D eigenvalue weighted by Gasteiger charge is 2.56. The first-order valence-corrected chi connectivity index (χ1v) is 9.55. The molecule has 1 saturated heterocycles. The fourth-order valence-corrected chi connectivity index (χ4v) is 4.61. The number of aromatic nitrogens is 1. The van der Waals surface area contributed by atoms with Crippen LogP contribution in [-0.4, -0.2) is 47.5 Å². The first kappa shape index (κ1) is 16.5. The SMILES string of the molecule is CN(Cc1ccon1)CC1[C@H]2CN(C(=O)c3ccc4ccccc4c3)C[C@@H]12. The van der Waals surface area contributed by atoms with Crippen molar-refractivity contribution in [3.05, 3.63) is 66.1 Å². The molecule has 0 radical (unpaired) electrons. The van der Waals surface area contributed by atoms with Gasteiger partial charge >= 0.3 is 0 Å². The minimum Gasteiger partial charge on any atom is -0.364 e. The fraction of sp³-hybridized carbons (Fsp3) is 0.364. The number of likely N-dealkylation sites (tertiary alicyclic amines) is 1. The molecule has 1 aliphatic carbocycles. The van der Waals surface area contributed by atoms with E-state index in [2.05, 4.69) is 29.2 Å². The van der Waals surface area contributed by atoms with Gasteiger partial charge in [0.2, 0.25) is 0 Å². The van der Waals surface area contributed by atoms with Gasteiger partial charge in [0.15, 0.2) is 0 Å². The van der Waals surface area contributed by atoms with Crippen molar-refractivity contribution in [3.63, 3.8) is 0 Å². The van der Waals surface area contributed by atoms with Crippen molar-refractivity contribution < 1.29 is 9.32 Å². The van der Waals surface area contributed by atoms with E-state index in [1.54, 1.807) is 6.26 Å². The number of piperidine rings is 1. The van der Waals surface area contributed by atoms with E-state index in [4.69, 9.17) is 4.52 Å². The van der Waals surface area contributed by atoms with E-state index >= 15 is 0 Å². The van der Waals surface area contributed by atoms with Gasteiger partial charge in [0, 0.05) is 37.8 Å². The van der Waals surface area contributed by atoms with Gasteiger partial charge in [0.1, 0.15) is 6.26 Å². The van der Waals surface area contributed by atoms with Crippen LogP contribution in [0, 0.1) is 17.8 Å². The van der Waals surface area contributed by atoms with E-state index < -0.39 is 0 Å². The highest BCUT2D eigenvalue weighted by Crippen LogP contribution is 2.52. The van der Waals surface area contributed by atoms with Gasteiger partial charge in [-0.05, 0) is 47.7 Å². The van der Waals surface area contributed by atoms with E-state index in [0.29, 0.717) is 17.8 Å². The summed E-state index contributed by atoms with van der Waals surface area (Å²) in [5, 5.41) is 6.28. The Balaban J connectivity index is 1.18. The highest BCUT2D eigenvalue weighted by molar-refractivity contribution is 5.98. The van der Waals surface area contributed by atoms with Crippen LogP contribution in [0.25, 0.3) is 10.8 Å². The third-order valence-corrected chi connectivity index (χ3v) is 6.10. The molecule has 0 bridgehead atoms. The molecule has 5 nitrogen and oxygen atoms in total. The van der Waals surface area contributed by atoms with Crippen molar-refractivity contribution in [2.45, 2.75) is 6.54 Å². The van der Waals surface area contributed by atoms with Gasteiger partial charge in [0.05, 0.1) is 5.69 Å². The monoisotopic (exact) mass is 361 g/mol. The maximum Gasteiger partial charge on any atom is 0.253 e. The van der Waals surface area contributed by atoms with E-state index in [1.807, 2.05) is 41.3 Å². The number of hydrogen-bond acceptors (Lipinski definition) is 4. The molecule has 0 N–H and O–H groups in total. The van der Waals surface area contributed by atoms with Gasteiger partial charge in [0.25, 0.3) is 5.91 Å². The molecule has 3 atom stereocenters. The molecule has 27 heavy (non-hydrogen) atoms. The lowest BCUT2D eigenvalue weighted by Crippen LogP contribution is -2.33. The van der Waals surface area contributed by atoms with Gasteiger partial charge < -0.3 is 14.3 Å². The highest BCUT2D eigenvalue weighted by atomic mass is 16.5. The van der Waals surface area contributed by atoms with Crippen molar-refractivity contribution >= 4 is 16.7 Å². The van der Waals surface area contributed by atoms with E-state index in [-0.39, 0.29) is 5.91 Å². The second kappa shape index (κ2) is 6.50. The molecule has 1 amide bonds. The molecule has 5 rings (SSSR count). The summed E-state index contributed by atoms with van der Waals surface area (Å²) in [5.41, 5.74) is 1.77. The van der Waals surface area contributed by atoms with Crippen molar-refractivity contribution in [1.82, 2.24) is 15.0 Å². The van der Waals surface area contributed by atoms with E-state index in [9.17, 15) is 4.79 Å². The predicted octanol–water partition coefficient (Wildman–Crippen LogP) is 3.28. The first-order valence-electron chi connectivity index (χ1n) is 9.55. The summed E-state index contributed by atoms with van der Waals surface area (Å²) in [4.78, 5) is 17.2. The zero-order valence-corrected chi connectivity index (χ0v) is 15.4. The number of hydrogen-bond donors (Lipinski definition) is 0. The number of fused-ring (bicyclic) bond motifs is 2. The molecule has 1 aromatic heterocycles. The Hall–Kier alpha value is -2.66. The molecule has 2 fully saturated rings. The summed E-state index contributed by atoms with van der Waals surface area (Å²) in [7, 11) is 2.13. The van der Waals surface area contributed by atoms with E-state index in [1.165, 1.54) is 5.39 Å². The van der Waals surface area contributed by atoms with Crippen molar-refractivity contribution in [2.24, 2.45) is 17.8 Å². The minimum absolute atomic E-state index is 0.169. The second-order valence-electron chi connectivity index (χ2n) is 7.95. The standard InChI is InChI=1S/C22H23N3O2/c1-24(11-18-8-9-27-23-18)12-19-20-13-25(14-21(19)20)22(26)17-7-6-15-4-2-3-5-16(15)10-17/h2-10,19-21H,11-14H2,1H3/t19?,20-,21+. The van der Waals surface area contributed by atoms with Crippen LogP contribution in [0.5, 0.6) is 0 Å². The number of rotatable bonds is 5. The molecule has 2 aliphatic rings. The lowest BCUT2D eigenvalue weighted by molar-refractivity contribution is 0.0764. The maximum absolute atomic E-state index is 12.9. The number of amides is 1.